The van der Waals surface area contributed by atoms with Crippen molar-refractivity contribution in [3.63, 3.8) is 0 Å². The molecule has 1 amide bonds. The van der Waals surface area contributed by atoms with Gasteiger partial charge in [-0.2, -0.15) is 5.10 Å². The molecule has 0 aliphatic rings. The summed E-state index contributed by atoms with van der Waals surface area (Å²) in [6.45, 7) is 0.193. The second-order valence-corrected chi connectivity index (χ2v) is 3.88. The zero-order valence-corrected chi connectivity index (χ0v) is 10.6. The number of aromatic amines is 1. The fourth-order valence-electron chi connectivity index (χ4n) is 1.70. The lowest BCUT2D eigenvalue weighted by Crippen LogP contribution is -2.24. The van der Waals surface area contributed by atoms with Crippen molar-refractivity contribution in [3.8, 4) is 5.75 Å². The van der Waals surface area contributed by atoms with E-state index in [9.17, 15) is 14.9 Å². The zero-order chi connectivity index (χ0) is 14.5. The Hall–Kier alpha value is -2.90. The van der Waals surface area contributed by atoms with Crippen LogP contribution in [0.3, 0.4) is 0 Å². The molecule has 1 heterocycles. The summed E-state index contributed by atoms with van der Waals surface area (Å²) < 4.78 is 5.15. The van der Waals surface area contributed by atoms with Crippen molar-refractivity contribution >= 4 is 11.6 Å². The van der Waals surface area contributed by atoms with Gasteiger partial charge in [-0.3, -0.25) is 20.0 Å². The Morgan fingerprint density at radius 2 is 2.25 bits per heavy atom. The van der Waals surface area contributed by atoms with Gasteiger partial charge in [0.05, 0.1) is 12.0 Å². The van der Waals surface area contributed by atoms with E-state index in [1.807, 2.05) is 12.1 Å². The molecule has 0 bridgehead atoms. The SMILES string of the molecule is COc1ccccc1CNC(=O)c1[nH]ncc1[N+](=O)[O-]. The minimum Gasteiger partial charge on any atom is -0.496 e. The molecular formula is C12H12N4O4. The van der Waals surface area contributed by atoms with E-state index in [0.29, 0.717) is 5.75 Å². The molecule has 2 aromatic rings. The van der Waals surface area contributed by atoms with Crippen molar-refractivity contribution in [2.75, 3.05) is 7.11 Å². The first-order chi connectivity index (χ1) is 9.63. The lowest BCUT2D eigenvalue weighted by Gasteiger charge is -2.08. The van der Waals surface area contributed by atoms with E-state index in [4.69, 9.17) is 4.74 Å². The molecule has 0 atom stereocenters. The molecule has 1 aromatic heterocycles. The monoisotopic (exact) mass is 276 g/mol. The third-order valence-electron chi connectivity index (χ3n) is 2.68. The fourth-order valence-corrected chi connectivity index (χ4v) is 1.70. The normalized spacial score (nSPS) is 10.1. The van der Waals surface area contributed by atoms with Crippen molar-refractivity contribution in [1.29, 1.82) is 0 Å². The largest absolute Gasteiger partial charge is 0.496 e. The lowest BCUT2D eigenvalue weighted by molar-refractivity contribution is -0.385. The van der Waals surface area contributed by atoms with E-state index < -0.39 is 10.8 Å². The molecule has 20 heavy (non-hydrogen) atoms. The Labute approximate surface area is 113 Å². The van der Waals surface area contributed by atoms with Gasteiger partial charge in [0.2, 0.25) is 5.69 Å². The maximum Gasteiger partial charge on any atom is 0.319 e. The van der Waals surface area contributed by atoms with Crippen molar-refractivity contribution < 1.29 is 14.5 Å². The van der Waals surface area contributed by atoms with E-state index in [1.165, 1.54) is 7.11 Å². The number of benzene rings is 1. The molecule has 0 saturated carbocycles. The van der Waals surface area contributed by atoms with Crippen molar-refractivity contribution in [3.05, 3.63) is 51.8 Å². The quantitative estimate of drug-likeness (QED) is 0.631. The minimum absolute atomic E-state index is 0.176. The number of para-hydroxylation sites is 1. The van der Waals surface area contributed by atoms with E-state index in [2.05, 4.69) is 15.5 Å². The van der Waals surface area contributed by atoms with Crippen LogP contribution in [0, 0.1) is 10.1 Å². The Morgan fingerprint density at radius 1 is 1.50 bits per heavy atom. The van der Waals surface area contributed by atoms with Crippen molar-refractivity contribution in [1.82, 2.24) is 15.5 Å². The van der Waals surface area contributed by atoms with Gasteiger partial charge in [-0.25, -0.2) is 0 Å². The number of aromatic nitrogens is 2. The van der Waals surface area contributed by atoms with Crippen molar-refractivity contribution in [2.24, 2.45) is 0 Å². The van der Waals surface area contributed by atoms with Crippen LogP contribution in [-0.2, 0) is 6.54 Å². The standard InChI is InChI=1S/C12H12N4O4/c1-20-10-5-3-2-4-8(10)6-13-12(17)11-9(16(18)19)7-14-15-11/h2-5,7H,6H2,1H3,(H,13,17)(H,14,15). The van der Waals surface area contributed by atoms with Crippen LogP contribution in [0.25, 0.3) is 0 Å². The summed E-state index contributed by atoms with van der Waals surface area (Å²) in [6, 6.07) is 7.17. The molecule has 8 heteroatoms. The highest BCUT2D eigenvalue weighted by Gasteiger charge is 2.22. The third kappa shape index (κ3) is 2.74. The third-order valence-corrected chi connectivity index (χ3v) is 2.68. The summed E-state index contributed by atoms with van der Waals surface area (Å²) in [6.07, 6.45) is 0.998. The number of nitrogens with one attached hydrogen (secondary N) is 2. The summed E-state index contributed by atoms with van der Waals surface area (Å²) in [5.41, 5.74) is 0.234. The molecule has 0 aliphatic heterocycles. The lowest BCUT2D eigenvalue weighted by atomic mass is 10.2. The second kappa shape index (κ2) is 5.83. The summed E-state index contributed by atoms with van der Waals surface area (Å²) in [5.74, 6) is 0.0343. The molecule has 104 valence electrons. The molecule has 2 N–H and O–H groups in total. The van der Waals surface area contributed by atoms with Crippen LogP contribution in [-0.4, -0.2) is 28.1 Å². The number of rotatable bonds is 5. The van der Waals surface area contributed by atoms with Gasteiger partial charge in [0, 0.05) is 12.1 Å². The molecule has 0 unspecified atom stereocenters. The average Bonchev–Trinajstić information content (AvgIpc) is 2.94. The number of amides is 1. The van der Waals surface area contributed by atoms with E-state index in [-0.39, 0.29) is 17.9 Å². The van der Waals surface area contributed by atoms with Crippen LogP contribution >= 0.6 is 0 Å². The summed E-state index contributed by atoms with van der Waals surface area (Å²) in [5, 5.41) is 19.1. The highest BCUT2D eigenvalue weighted by molar-refractivity contribution is 5.95. The number of H-pyrrole nitrogens is 1. The van der Waals surface area contributed by atoms with Crippen LogP contribution in [0.1, 0.15) is 16.1 Å². The molecule has 0 saturated heterocycles. The van der Waals surface area contributed by atoms with Gasteiger partial charge in [0.25, 0.3) is 5.91 Å². The Bertz CT molecular complexity index is 638. The van der Waals surface area contributed by atoms with E-state index in [1.54, 1.807) is 12.1 Å². The first kappa shape index (κ1) is 13.5. The Morgan fingerprint density at radius 3 is 2.95 bits per heavy atom. The minimum atomic E-state index is -0.665. The van der Waals surface area contributed by atoms with Gasteiger partial charge in [0.1, 0.15) is 11.9 Å². The van der Waals surface area contributed by atoms with E-state index >= 15 is 0 Å². The highest BCUT2D eigenvalue weighted by atomic mass is 16.6. The van der Waals surface area contributed by atoms with Crippen LogP contribution < -0.4 is 10.1 Å². The Balaban J connectivity index is 2.09. The first-order valence-electron chi connectivity index (χ1n) is 5.71. The fraction of sp³-hybridized carbons (Fsp3) is 0.167. The molecule has 0 radical (unpaired) electrons. The van der Waals surface area contributed by atoms with Gasteiger partial charge in [-0.05, 0) is 6.07 Å². The molecule has 8 nitrogen and oxygen atoms in total. The average molecular weight is 276 g/mol. The molecule has 0 aliphatic carbocycles. The molecule has 0 spiro atoms. The van der Waals surface area contributed by atoms with Gasteiger partial charge >= 0.3 is 5.69 Å². The van der Waals surface area contributed by atoms with Crippen molar-refractivity contribution in [2.45, 2.75) is 6.54 Å². The number of nitrogens with zero attached hydrogens (tertiary/aromatic N) is 2. The summed E-state index contributed by atoms with van der Waals surface area (Å²) in [4.78, 5) is 21.9. The molecular weight excluding hydrogens is 264 g/mol. The van der Waals surface area contributed by atoms with Gasteiger partial charge in [-0.15, -0.1) is 0 Å². The zero-order valence-electron chi connectivity index (χ0n) is 10.6. The van der Waals surface area contributed by atoms with Gasteiger partial charge in [0.15, 0.2) is 0 Å². The predicted molar refractivity (Wildman–Crippen MR) is 69.4 cm³/mol. The highest BCUT2D eigenvalue weighted by Crippen LogP contribution is 2.18. The maximum absolute atomic E-state index is 11.9. The number of carbonyl (C=O) groups is 1. The Kier molecular flexibility index (Phi) is 3.94. The topological polar surface area (TPSA) is 110 Å². The molecule has 1 aromatic carbocycles. The number of nitro groups is 1. The number of carbonyl (C=O) groups excluding carboxylic acids is 1. The van der Waals surface area contributed by atoms with Gasteiger partial charge < -0.3 is 10.1 Å². The molecule has 2 rings (SSSR count). The van der Waals surface area contributed by atoms with E-state index in [0.717, 1.165) is 11.8 Å². The first-order valence-corrected chi connectivity index (χ1v) is 5.71. The number of hydrogen-bond acceptors (Lipinski definition) is 5. The van der Waals surface area contributed by atoms with Crippen LogP contribution in [0.4, 0.5) is 5.69 Å². The smallest absolute Gasteiger partial charge is 0.319 e. The van der Waals surface area contributed by atoms with Crippen LogP contribution in [0.15, 0.2) is 30.5 Å². The second-order valence-electron chi connectivity index (χ2n) is 3.88. The van der Waals surface area contributed by atoms with Gasteiger partial charge in [-0.1, -0.05) is 18.2 Å². The number of hydrogen-bond donors (Lipinski definition) is 2. The van der Waals surface area contributed by atoms with Crippen LogP contribution in [0.5, 0.6) is 5.75 Å². The number of ether oxygens (including phenoxy) is 1. The summed E-state index contributed by atoms with van der Waals surface area (Å²) in [7, 11) is 1.53. The number of methoxy groups -OCH3 is 1. The predicted octanol–water partition coefficient (Wildman–Crippen LogP) is 1.26. The maximum atomic E-state index is 11.9. The molecule has 0 fully saturated rings. The summed E-state index contributed by atoms with van der Waals surface area (Å²) >= 11 is 0. The van der Waals surface area contributed by atoms with Crippen LogP contribution in [0.2, 0.25) is 0 Å².